The molecule has 48 valence electrons. The van der Waals surface area contributed by atoms with Crippen LogP contribution in [-0.2, 0) is 4.43 Å². The lowest BCUT2D eigenvalue weighted by Gasteiger charge is -2.10. The standard InChI is InChI=1S/C6H14OSi/c1-4-5(2)6(3)7-8/h6H,2,4H2,1,3,8H3. The summed E-state index contributed by atoms with van der Waals surface area (Å²) < 4.78 is 5.14. The van der Waals surface area contributed by atoms with Gasteiger partial charge in [-0.1, -0.05) is 19.1 Å². The van der Waals surface area contributed by atoms with Crippen LogP contribution in [0.3, 0.4) is 0 Å². The maximum atomic E-state index is 5.14. The Morgan fingerprint density at radius 3 is 2.50 bits per heavy atom. The molecule has 0 aliphatic heterocycles. The normalized spacial score (nSPS) is 13.8. The quantitative estimate of drug-likeness (QED) is 0.402. The van der Waals surface area contributed by atoms with E-state index in [1.54, 1.807) is 0 Å². The smallest absolute Gasteiger partial charge is 0.146 e. The molecule has 0 heterocycles. The molecule has 0 radical (unpaired) electrons. The van der Waals surface area contributed by atoms with E-state index in [4.69, 9.17) is 4.43 Å². The van der Waals surface area contributed by atoms with Gasteiger partial charge in [0.1, 0.15) is 10.5 Å². The molecule has 0 saturated heterocycles. The first-order valence-electron chi connectivity index (χ1n) is 2.92. The summed E-state index contributed by atoms with van der Waals surface area (Å²) >= 11 is 0. The molecule has 0 aliphatic carbocycles. The van der Waals surface area contributed by atoms with E-state index < -0.39 is 0 Å². The van der Waals surface area contributed by atoms with Crippen LogP contribution in [0.5, 0.6) is 0 Å². The molecule has 0 aliphatic rings. The highest BCUT2D eigenvalue weighted by molar-refractivity contribution is 5.98. The van der Waals surface area contributed by atoms with E-state index in [1.807, 2.05) is 6.92 Å². The van der Waals surface area contributed by atoms with Crippen molar-refractivity contribution in [1.29, 1.82) is 0 Å². The van der Waals surface area contributed by atoms with E-state index in [9.17, 15) is 0 Å². The second-order valence-electron chi connectivity index (χ2n) is 1.89. The Bertz CT molecular complexity index is 80.6. The van der Waals surface area contributed by atoms with Crippen molar-refractivity contribution in [3.05, 3.63) is 12.2 Å². The third kappa shape index (κ3) is 2.28. The molecule has 1 nitrogen and oxygen atoms in total. The van der Waals surface area contributed by atoms with Crippen LogP contribution in [0.25, 0.3) is 0 Å². The van der Waals surface area contributed by atoms with Gasteiger partial charge in [0.05, 0.1) is 6.10 Å². The summed E-state index contributed by atoms with van der Waals surface area (Å²) in [4.78, 5) is 0. The van der Waals surface area contributed by atoms with Crippen molar-refractivity contribution in [2.75, 3.05) is 0 Å². The minimum atomic E-state index is 0.284. The molecule has 8 heavy (non-hydrogen) atoms. The van der Waals surface area contributed by atoms with Gasteiger partial charge in [0.25, 0.3) is 0 Å². The van der Waals surface area contributed by atoms with Gasteiger partial charge < -0.3 is 4.43 Å². The molecule has 0 fully saturated rings. The van der Waals surface area contributed by atoms with Crippen LogP contribution >= 0.6 is 0 Å². The first kappa shape index (κ1) is 7.92. The van der Waals surface area contributed by atoms with E-state index in [2.05, 4.69) is 13.5 Å². The highest BCUT2D eigenvalue weighted by Gasteiger charge is 1.98. The highest BCUT2D eigenvalue weighted by Crippen LogP contribution is 2.04. The molecule has 2 heteroatoms. The third-order valence-electron chi connectivity index (χ3n) is 1.38. The van der Waals surface area contributed by atoms with Crippen LogP contribution in [0.15, 0.2) is 12.2 Å². The van der Waals surface area contributed by atoms with Gasteiger partial charge in [-0.2, -0.15) is 0 Å². The minimum absolute atomic E-state index is 0.284. The van der Waals surface area contributed by atoms with Gasteiger partial charge in [0.15, 0.2) is 0 Å². The first-order valence-corrected chi connectivity index (χ1v) is 3.74. The zero-order valence-corrected chi connectivity index (χ0v) is 7.90. The Kier molecular flexibility index (Phi) is 3.82. The van der Waals surface area contributed by atoms with Gasteiger partial charge in [0, 0.05) is 0 Å². The second kappa shape index (κ2) is 3.86. The van der Waals surface area contributed by atoms with Crippen molar-refractivity contribution in [3.8, 4) is 0 Å². The van der Waals surface area contributed by atoms with Gasteiger partial charge in [-0.3, -0.25) is 0 Å². The molecule has 1 unspecified atom stereocenters. The van der Waals surface area contributed by atoms with Crippen molar-refractivity contribution in [2.24, 2.45) is 0 Å². The average Bonchev–Trinajstić information content (AvgIpc) is 1.84. The molecule has 0 amide bonds. The van der Waals surface area contributed by atoms with E-state index in [-0.39, 0.29) is 6.10 Å². The summed E-state index contributed by atoms with van der Waals surface area (Å²) in [5.74, 6) is 0. The van der Waals surface area contributed by atoms with Gasteiger partial charge >= 0.3 is 0 Å². The molecule has 0 aromatic carbocycles. The summed E-state index contributed by atoms with van der Waals surface area (Å²) in [5, 5.41) is 0. The summed E-state index contributed by atoms with van der Waals surface area (Å²) in [6.07, 6.45) is 1.32. The summed E-state index contributed by atoms with van der Waals surface area (Å²) in [7, 11) is 0.814. The van der Waals surface area contributed by atoms with Crippen molar-refractivity contribution in [3.63, 3.8) is 0 Å². The van der Waals surface area contributed by atoms with Crippen molar-refractivity contribution < 1.29 is 4.43 Å². The van der Waals surface area contributed by atoms with E-state index >= 15 is 0 Å². The lowest BCUT2D eigenvalue weighted by molar-refractivity contribution is 0.280. The SMILES string of the molecule is C=C(CC)C(C)O[SiH3]. The predicted octanol–water partition coefficient (Wildman–Crippen LogP) is 0.638. The van der Waals surface area contributed by atoms with Crippen LogP contribution in [0.2, 0.25) is 0 Å². The third-order valence-corrected chi connectivity index (χ3v) is 2.09. The molecule has 0 saturated carbocycles. The fraction of sp³-hybridized carbons (Fsp3) is 0.667. The molecular weight excluding hydrogens is 116 g/mol. The highest BCUT2D eigenvalue weighted by atomic mass is 28.2. The van der Waals surface area contributed by atoms with Crippen molar-refractivity contribution >= 4 is 10.5 Å². The van der Waals surface area contributed by atoms with Crippen molar-refractivity contribution in [2.45, 2.75) is 26.4 Å². The largest absolute Gasteiger partial charge is 0.422 e. The summed E-state index contributed by atoms with van der Waals surface area (Å²) in [5.41, 5.74) is 1.19. The number of hydrogen-bond donors (Lipinski definition) is 0. The number of rotatable bonds is 3. The van der Waals surface area contributed by atoms with Crippen molar-refractivity contribution in [1.82, 2.24) is 0 Å². The first-order chi connectivity index (χ1) is 3.72. The maximum absolute atomic E-state index is 5.14. The Labute approximate surface area is 54.3 Å². The molecular formula is C6H14OSi. The molecule has 0 N–H and O–H groups in total. The Morgan fingerprint density at radius 2 is 2.38 bits per heavy atom. The van der Waals surface area contributed by atoms with Gasteiger partial charge in [0.2, 0.25) is 0 Å². The molecule has 0 rings (SSSR count). The molecule has 1 atom stereocenters. The zero-order chi connectivity index (χ0) is 6.57. The van der Waals surface area contributed by atoms with Crippen LogP contribution < -0.4 is 0 Å². The second-order valence-corrected chi connectivity index (χ2v) is 2.36. The molecule has 0 spiro atoms. The van der Waals surface area contributed by atoms with Gasteiger partial charge in [-0.05, 0) is 13.3 Å². The Morgan fingerprint density at radius 1 is 1.88 bits per heavy atom. The molecule has 0 bridgehead atoms. The number of hydrogen-bond acceptors (Lipinski definition) is 1. The Balaban J connectivity index is 3.46. The van der Waals surface area contributed by atoms with E-state index in [0.29, 0.717) is 0 Å². The fourth-order valence-electron chi connectivity index (χ4n) is 0.454. The monoisotopic (exact) mass is 130 g/mol. The lowest BCUT2D eigenvalue weighted by atomic mass is 10.1. The van der Waals surface area contributed by atoms with E-state index in [1.165, 1.54) is 5.57 Å². The maximum Gasteiger partial charge on any atom is 0.146 e. The molecule has 0 aromatic rings. The van der Waals surface area contributed by atoms with Crippen LogP contribution in [0.1, 0.15) is 20.3 Å². The summed E-state index contributed by atoms with van der Waals surface area (Å²) in [6, 6.07) is 0. The van der Waals surface area contributed by atoms with Crippen LogP contribution in [0.4, 0.5) is 0 Å². The van der Waals surface area contributed by atoms with Gasteiger partial charge in [-0.25, -0.2) is 0 Å². The Hall–Kier alpha value is -0.0831. The predicted molar refractivity (Wildman–Crippen MR) is 39.9 cm³/mol. The zero-order valence-electron chi connectivity index (χ0n) is 5.90. The topological polar surface area (TPSA) is 9.23 Å². The summed E-state index contributed by atoms with van der Waals surface area (Å²) in [6.45, 7) is 7.98. The lowest BCUT2D eigenvalue weighted by Crippen LogP contribution is -2.07. The minimum Gasteiger partial charge on any atom is -0.422 e. The fourth-order valence-corrected chi connectivity index (χ4v) is 0.787. The van der Waals surface area contributed by atoms with E-state index in [0.717, 1.165) is 16.9 Å². The average molecular weight is 130 g/mol. The van der Waals surface area contributed by atoms with Crippen LogP contribution in [-0.4, -0.2) is 16.6 Å². The van der Waals surface area contributed by atoms with Gasteiger partial charge in [-0.15, -0.1) is 0 Å². The van der Waals surface area contributed by atoms with Crippen LogP contribution in [0, 0.1) is 0 Å². The molecule has 0 aromatic heterocycles.